The fourth-order valence-corrected chi connectivity index (χ4v) is 3.29. The van der Waals surface area contributed by atoms with Gasteiger partial charge in [0.05, 0.1) is 20.1 Å². The van der Waals surface area contributed by atoms with Crippen LogP contribution >= 0.6 is 0 Å². The van der Waals surface area contributed by atoms with E-state index >= 15 is 0 Å². The molecule has 0 spiro atoms. The summed E-state index contributed by atoms with van der Waals surface area (Å²) >= 11 is 0. The van der Waals surface area contributed by atoms with Crippen LogP contribution in [-0.2, 0) is 16.0 Å². The van der Waals surface area contributed by atoms with Gasteiger partial charge in [-0.1, -0.05) is 0 Å². The van der Waals surface area contributed by atoms with Gasteiger partial charge in [-0.3, -0.25) is 9.59 Å². The second-order valence-corrected chi connectivity index (χ2v) is 7.75. The minimum Gasteiger partial charge on any atom is -0.493 e. The second kappa shape index (κ2) is 7.98. The van der Waals surface area contributed by atoms with Gasteiger partial charge in [0.2, 0.25) is 11.8 Å². The van der Waals surface area contributed by atoms with E-state index in [9.17, 15) is 9.59 Å². The minimum absolute atomic E-state index is 0.0494. The Balaban J connectivity index is 1.92. The Labute approximate surface area is 155 Å². The van der Waals surface area contributed by atoms with Gasteiger partial charge in [0, 0.05) is 25.0 Å². The minimum atomic E-state index is -0.270. The van der Waals surface area contributed by atoms with E-state index in [1.54, 1.807) is 19.1 Å². The Morgan fingerprint density at radius 3 is 2.38 bits per heavy atom. The lowest BCUT2D eigenvalue weighted by atomic mass is 10.0. The summed E-state index contributed by atoms with van der Waals surface area (Å²) in [4.78, 5) is 26.3. The third kappa shape index (κ3) is 4.48. The number of nitrogens with zero attached hydrogens (tertiary/aromatic N) is 1. The van der Waals surface area contributed by atoms with Crippen LogP contribution in [0.25, 0.3) is 0 Å². The molecule has 1 N–H and O–H groups in total. The number of hydrogen-bond donors (Lipinski definition) is 1. The van der Waals surface area contributed by atoms with E-state index in [-0.39, 0.29) is 23.3 Å². The number of hydrogen-bond acceptors (Lipinski definition) is 4. The highest BCUT2D eigenvalue weighted by molar-refractivity contribution is 5.89. The fourth-order valence-electron chi connectivity index (χ4n) is 3.29. The summed E-state index contributed by atoms with van der Waals surface area (Å²) in [6.07, 6.45) is 0.986. The Kier molecular flexibility index (Phi) is 6.16. The molecule has 6 nitrogen and oxygen atoms in total. The fraction of sp³-hybridized carbons (Fsp3) is 0.600. The summed E-state index contributed by atoms with van der Waals surface area (Å²) in [5.74, 6) is 1.11. The van der Waals surface area contributed by atoms with E-state index in [2.05, 4.69) is 5.32 Å². The van der Waals surface area contributed by atoms with Gasteiger partial charge in [0.1, 0.15) is 0 Å². The number of amides is 2. The maximum atomic E-state index is 12.4. The molecule has 1 saturated heterocycles. The summed E-state index contributed by atoms with van der Waals surface area (Å²) in [6, 6.07) is 3.88. The van der Waals surface area contributed by atoms with Crippen molar-refractivity contribution >= 4 is 11.8 Å². The highest BCUT2D eigenvalue weighted by Crippen LogP contribution is 2.30. The number of rotatable bonds is 6. The SMILES string of the molecule is COc1cc(C)c(CCNC(=O)C2CC(=O)N(C(C)(C)C)C2)cc1OC. The van der Waals surface area contributed by atoms with Crippen molar-refractivity contribution in [1.29, 1.82) is 0 Å². The highest BCUT2D eigenvalue weighted by atomic mass is 16.5. The quantitative estimate of drug-likeness (QED) is 0.843. The van der Waals surface area contributed by atoms with Gasteiger partial charge in [0.15, 0.2) is 11.5 Å². The standard InChI is InChI=1S/C20H30N2O4/c1-13-9-16(25-5)17(26-6)10-14(13)7-8-21-19(24)15-11-18(23)22(12-15)20(2,3)4/h9-10,15H,7-8,11-12H2,1-6H3,(H,21,24). The van der Waals surface area contributed by atoms with Crippen LogP contribution in [0.15, 0.2) is 12.1 Å². The molecule has 1 aromatic carbocycles. The average molecular weight is 362 g/mol. The zero-order chi connectivity index (χ0) is 19.5. The van der Waals surface area contributed by atoms with Crippen molar-refractivity contribution in [2.24, 2.45) is 5.92 Å². The highest BCUT2D eigenvalue weighted by Gasteiger charge is 2.39. The smallest absolute Gasteiger partial charge is 0.225 e. The van der Waals surface area contributed by atoms with Crippen molar-refractivity contribution in [3.63, 3.8) is 0 Å². The van der Waals surface area contributed by atoms with E-state index in [0.29, 0.717) is 37.4 Å². The number of aryl methyl sites for hydroxylation is 1. The third-order valence-electron chi connectivity index (χ3n) is 4.84. The topological polar surface area (TPSA) is 67.9 Å². The van der Waals surface area contributed by atoms with E-state index in [0.717, 1.165) is 11.1 Å². The molecule has 1 unspecified atom stereocenters. The number of benzene rings is 1. The van der Waals surface area contributed by atoms with Gasteiger partial charge in [-0.2, -0.15) is 0 Å². The van der Waals surface area contributed by atoms with Crippen LogP contribution in [0.2, 0.25) is 0 Å². The first kappa shape index (κ1) is 20.1. The normalized spacial score (nSPS) is 17.4. The molecule has 1 aliphatic rings. The molecule has 2 amide bonds. The maximum absolute atomic E-state index is 12.4. The predicted octanol–water partition coefficient (Wildman–Crippen LogP) is 2.32. The van der Waals surface area contributed by atoms with Crippen LogP contribution in [0.1, 0.15) is 38.3 Å². The summed E-state index contributed by atoms with van der Waals surface area (Å²) in [7, 11) is 3.22. The number of methoxy groups -OCH3 is 2. The molecule has 1 heterocycles. The van der Waals surface area contributed by atoms with E-state index in [1.807, 2.05) is 39.8 Å². The number of carbonyl (C=O) groups is 2. The Bertz CT molecular complexity index is 679. The monoisotopic (exact) mass is 362 g/mol. The lowest BCUT2D eigenvalue weighted by Gasteiger charge is -2.31. The zero-order valence-electron chi connectivity index (χ0n) is 16.6. The number of carbonyl (C=O) groups excluding carboxylic acids is 2. The molecule has 1 atom stereocenters. The molecule has 0 radical (unpaired) electrons. The molecular weight excluding hydrogens is 332 g/mol. The van der Waals surface area contributed by atoms with Crippen LogP contribution in [0.5, 0.6) is 11.5 Å². The first-order valence-electron chi connectivity index (χ1n) is 8.97. The van der Waals surface area contributed by atoms with E-state index in [4.69, 9.17) is 9.47 Å². The Hall–Kier alpha value is -2.24. The molecule has 26 heavy (non-hydrogen) atoms. The van der Waals surface area contributed by atoms with Gasteiger partial charge in [-0.05, 0) is 57.4 Å². The van der Waals surface area contributed by atoms with E-state index < -0.39 is 0 Å². The van der Waals surface area contributed by atoms with Crippen LogP contribution < -0.4 is 14.8 Å². The molecule has 0 bridgehead atoms. The number of nitrogens with one attached hydrogen (secondary N) is 1. The van der Waals surface area contributed by atoms with Crippen molar-refractivity contribution < 1.29 is 19.1 Å². The van der Waals surface area contributed by atoms with Gasteiger partial charge in [-0.15, -0.1) is 0 Å². The third-order valence-corrected chi connectivity index (χ3v) is 4.84. The van der Waals surface area contributed by atoms with Crippen LogP contribution in [-0.4, -0.2) is 49.6 Å². The van der Waals surface area contributed by atoms with Crippen molar-refractivity contribution in [2.75, 3.05) is 27.3 Å². The first-order chi connectivity index (χ1) is 12.2. The molecule has 0 aliphatic carbocycles. The zero-order valence-corrected chi connectivity index (χ0v) is 16.6. The Morgan fingerprint density at radius 2 is 1.85 bits per heavy atom. The van der Waals surface area contributed by atoms with Crippen molar-refractivity contribution in [3.05, 3.63) is 23.3 Å². The molecule has 1 fully saturated rings. The van der Waals surface area contributed by atoms with Gasteiger partial charge < -0.3 is 19.7 Å². The largest absolute Gasteiger partial charge is 0.493 e. The molecule has 144 valence electrons. The van der Waals surface area contributed by atoms with Crippen LogP contribution in [0.3, 0.4) is 0 Å². The van der Waals surface area contributed by atoms with Crippen LogP contribution in [0.4, 0.5) is 0 Å². The summed E-state index contributed by atoms with van der Waals surface area (Å²) in [5.41, 5.74) is 1.94. The lowest BCUT2D eigenvalue weighted by molar-refractivity contribution is -0.132. The molecule has 6 heteroatoms. The predicted molar refractivity (Wildman–Crippen MR) is 101 cm³/mol. The molecule has 0 saturated carbocycles. The maximum Gasteiger partial charge on any atom is 0.225 e. The van der Waals surface area contributed by atoms with Gasteiger partial charge >= 0.3 is 0 Å². The molecule has 2 rings (SSSR count). The van der Waals surface area contributed by atoms with Crippen molar-refractivity contribution in [1.82, 2.24) is 10.2 Å². The molecule has 1 aromatic rings. The average Bonchev–Trinajstić information content (AvgIpc) is 2.98. The summed E-state index contributed by atoms with van der Waals surface area (Å²) in [5, 5.41) is 2.97. The van der Waals surface area contributed by atoms with Crippen molar-refractivity contribution in [2.45, 2.75) is 46.1 Å². The lowest BCUT2D eigenvalue weighted by Crippen LogP contribution is -2.43. The van der Waals surface area contributed by atoms with Crippen LogP contribution in [0, 0.1) is 12.8 Å². The van der Waals surface area contributed by atoms with Crippen molar-refractivity contribution in [3.8, 4) is 11.5 Å². The number of ether oxygens (including phenoxy) is 2. The van der Waals surface area contributed by atoms with Gasteiger partial charge in [-0.25, -0.2) is 0 Å². The van der Waals surface area contributed by atoms with E-state index in [1.165, 1.54) is 0 Å². The Morgan fingerprint density at radius 1 is 1.23 bits per heavy atom. The summed E-state index contributed by atoms with van der Waals surface area (Å²) < 4.78 is 10.6. The van der Waals surface area contributed by atoms with Gasteiger partial charge in [0.25, 0.3) is 0 Å². The molecule has 1 aliphatic heterocycles. The first-order valence-corrected chi connectivity index (χ1v) is 8.97. The number of likely N-dealkylation sites (tertiary alicyclic amines) is 1. The second-order valence-electron chi connectivity index (χ2n) is 7.75. The summed E-state index contributed by atoms with van der Waals surface area (Å²) in [6.45, 7) is 9.00. The molecule has 0 aromatic heterocycles. The molecular formula is C20H30N2O4.